The van der Waals surface area contributed by atoms with Crippen molar-refractivity contribution in [2.24, 2.45) is 0 Å². The van der Waals surface area contributed by atoms with Gasteiger partial charge >= 0.3 is 0 Å². The topological polar surface area (TPSA) is 29.1 Å². The van der Waals surface area contributed by atoms with Gasteiger partial charge in [0.05, 0.1) is 0 Å². The Morgan fingerprint density at radius 3 is 2.43 bits per heavy atom. The van der Waals surface area contributed by atoms with Crippen LogP contribution in [-0.4, -0.2) is 5.91 Å². The van der Waals surface area contributed by atoms with Gasteiger partial charge in [0, 0.05) is 12.1 Å². The number of amides is 1. The van der Waals surface area contributed by atoms with Crippen molar-refractivity contribution >= 4 is 5.91 Å². The van der Waals surface area contributed by atoms with E-state index in [1.165, 1.54) is 22.3 Å². The maximum Gasteiger partial charge on any atom is 0.251 e. The largest absolute Gasteiger partial charge is 0.348 e. The monoisotopic (exact) mass is 299 g/mol. The highest BCUT2D eigenvalue weighted by atomic mass is 16.1. The summed E-state index contributed by atoms with van der Waals surface area (Å²) in [4.78, 5) is 12.4. The molecule has 0 radical (unpaired) electrons. The van der Waals surface area contributed by atoms with Gasteiger partial charge in [-0.25, -0.2) is 0 Å². The number of hydrogen-bond acceptors (Lipinski definition) is 1. The van der Waals surface area contributed by atoms with Crippen LogP contribution in [0.15, 0.2) is 72.8 Å². The third-order valence-electron chi connectivity index (χ3n) is 4.36. The van der Waals surface area contributed by atoms with Gasteiger partial charge < -0.3 is 5.32 Å². The molecule has 112 valence electrons. The molecule has 1 aliphatic rings. The Balaban J connectivity index is 1.56. The Labute approximate surface area is 135 Å². The van der Waals surface area contributed by atoms with E-state index in [2.05, 4.69) is 35.6 Å². The van der Waals surface area contributed by atoms with Gasteiger partial charge in [-0.2, -0.15) is 0 Å². The number of nitrogens with one attached hydrogen (secondary N) is 1. The maximum atomic E-state index is 12.4. The molecule has 0 heterocycles. The van der Waals surface area contributed by atoms with Crippen LogP contribution in [0, 0.1) is 0 Å². The smallest absolute Gasteiger partial charge is 0.251 e. The SMILES string of the molecule is O=C(NCc1ccccc1)c1ccc2c(c1)-c1ccccc1C2. The lowest BCUT2D eigenvalue weighted by molar-refractivity contribution is 0.0951. The van der Waals surface area contributed by atoms with Gasteiger partial charge in [0.15, 0.2) is 0 Å². The van der Waals surface area contributed by atoms with Crippen LogP contribution in [0.4, 0.5) is 0 Å². The highest BCUT2D eigenvalue weighted by Crippen LogP contribution is 2.36. The van der Waals surface area contributed by atoms with Crippen molar-refractivity contribution < 1.29 is 4.79 Å². The van der Waals surface area contributed by atoms with E-state index < -0.39 is 0 Å². The Morgan fingerprint density at radius 1 is 0.826 bits per heavy atom. The van der Waals surface area contributed by atoms with Gasteiger partial charge in [0.2, 0.25) is 0 Å². The van der Waals surface area contributed by atoms with Gasteiger partial charge in [0.25, 0.3) is 5.91 Å². The summed E-state index contributed by atoms with van der Waals surface area (Å²) in [6, 6.07) is 24.4. The van der Waals surface area contributed by atoms with Gasteiger partial charge in [-0.05, 0) is 46.4 Å². The summed E-state index contributed by atoms with van der Waals surface area (Å²) in [5.41, 5.74) is 6.90. The molecule has 0 atom stereocenters. The molecule has 0 unspecified atom stereocenters. The van der Waals surface area contributed by atoms with Crippen molar-refractivity contribution in [3.63, 3.8) is 0 Å². The lowest BCUT2D eigenvalue weighted by atomic mass is 10.0. The summed E-state index contributed by atoms with van der Waals surface area (Å²) >= 11 is 0. The van der Waals surface area contributed by atoms with Gasteiger partial charge in [-0.3, -0.25) is 4.79 Å². The lowest BCUT2D eigenvalue weighted by Gasteiger charge is -2.08. The fourth-order valence-electron chi connectivity index (χ4n) is 3.15. The number of hydrogen-bond donors (Lipinski definition) is 1. The molecule has 0 spiro atoms. The quantitative estimate of drug-likeness (QED) is 0.604. The molecule has 23 heavy (non-hydrogen) atoms. The molecule has 1 amide bonds. The maximum absolute atomic E-state index is 12.4. The molecule has 0 saturated carbocycles. The Kier molecular flexibility index (Phi) is 3.43. The second-order valence-corrected chi connectivity index (χ2v) is 5.87. The van der Waals surface area contributed by atoms with Crippen LogP contribution in [0.3, 0.4) is 0 Å². The van der Waals surface area contributed by atoms with Crippen LogP contribution < -0.4 is 5.32 Å². The molecule has 3 aromatic rings. The molecule has 2 nitrogen and oxygen atoms in total. The van der Waals surface area contributed by atoms with Crippen molar-refractivity contribution in [3.05, 3.63) is 95.1 Å². The first-order valence-electron chi connectivity index (χ1n) is 7.84. The summed E-state index contributed by atoms with van der Waals surface area (Å²) in [7, 11) is 0. The van der Waals surface area contributed by atoms with Crippen LogP contribution in [-0.2, 0) is 13.0 Å². The summed E-state index contributed by atoms with van der Waals surface area (Å²) in [6.45, 7) is 0.549. The van der Waals surface area contributed by atoms with Crippen LogP contribution in [0.2, 0.25) is 0 Å². The molecule has 0 aromatic heterocycles. The van der Waals surface area contributed by atoms with E-state index in [-0.39, 0.29) is 5.91 Å². The van der Waals surface area contributed by atoms with Crippen molar-refractivity contribution in [3.8, 4) is 11.1 Å². The van der Waals surface area contributed by atoms with Crippen molar-refractivity contribution in [1.82, 2.24) is 5.32 Å². The average molecular weight is 299 g/mol. The third-order valence-corrected chi connectivity index (χ3v) is 4.36. The first-order valence-corrected chi connectivity index (χ1v) is 7.84. The molecule has 0 bridgehead atoms. The van der Waals surface area contributed by atoms with Gasteiger partial charge in [-0.15, -0.1) is 0 Å². The van der Waals surface area contributed by atoms with Crippen molar-refractivity contribution in [2.75, 3.05) is 0 Å². The molecule has 1 N–H and O–H groups in total. The van der Waals surface area contributed by atoms with Crippen LogP contribution in [0.1, 0.15) is 27.0 Å². The van der Waals surface area contributed by atoms with Crippen LogP contribution in [0.5, 0.6) is 0 Å². The predicted octanol–water partition coefficient (Wildman–Crippen LogP) is 4.19. The molecular formula is C21H17NO. The van der Waals surface area contributed by atoms with E-state index in [0.29, 0.717) is 6.54 Å². The number of carbonyl (C=O) groups excluding carboxylic acids is 1. The summed E-state index contributed by atoms with van der Waals surface area (Å²) < 4.78 is 0. The minimum atomic E-state index is -0.0268. The number of fused-ring (bicyclic) bond motifs is 3. The number of carbonyl (C=O) groups is 1. The highest BCUT2D eigenvalue weighted by molar-refractivity contribution is 5.96. The first-order chi connectivity index (χ1) is 11.3. The molecule has 0 aliphatic heterocycles. The van der Waals surface area contributed by atoms with Crippen molar-refractivity contribution in [1.29, 1.82) is 0 Å². The fraction of sp³-hybridized carbons (Fsp3) is 0.0952. The Bertz CT molecular complexity index is 868. The summed E-state index contributed by atoms with van der Waals surface area (Å²) in [6.07, 6.45) is 0.956. The van der Waals surface area contributed by atoms with Crippen LogP contribution >= 0.6 is 0 Å². The molecule has 2 heteroatoms. The highest BCUT2D eigenvalue weighted by Gasteiger charge is 2.19. The van der Waals surface area contributed by atoms with E-state index in [1.807, 2.05) is 42.5 Å². The average Bonchev–Trinajstić information content (AvgIpc) is 2.98. The second kappa shape index (κ2) is 5.73. The van der Waals surface area contributed by atoms with Crippen molar-refractivity contribution in [2.45, 2.75) is 13.0 Å². The van der Waals surface area contributed by atoms with Gasteiger partial charge in [0.1, 0.15) is 0 Å². The van der Waals surface area contributed by atoms with E-state index in [9.17, 15) is 4.79 Å². The van der Waals surface area contributed by atoms with E-state index >= 15 is 0 Å². The lowest BCUT2D eigenvalue weighted by Crippen LogP contribution is -2.22. The minimum Gasteiger partial charge on any atom is -0.348 e. The Hall–Kier alpha value is -2.87. The normalized spacial score (nSPS) is 11.7. The second-order valence-electron chi connectivity index (χ2n) is 5.87. The molecule has 0 fully saturated rings. The van der Waals surface area contributed by atoms with E-state index in [4.69, 9.17) is 0 Å². The standard InChI is InChI=1S/C21H17NO/c23-21(22-14-15-6-2-1-3-7-15)18-11-10-17-12-16-8-4-5-9-19(16)20(17)13-18/h1-11,13H,12,14H2,(H,22,23). The molecule has 0 saturated heterocycles. The minimum absolute atomic E-state index is 0.0268. The number of benzene rings is 3. The van der Waals surface area contributed by atoms with E-state index in [1.54, 1.807) is 0 Å². The zero-order valence-corrected chi connectivity index (χ0v) is 12.8. The molecule has 1 aliphatic carbocycles. The predicted molar refractivity (Wildman–Crippen MR) is 92.3 cm³/mol. The molecule has 3 aromatic carbocycles. The molecule has 4 rings (SSSR count). The summed E-state index contributed by atoms with van der Waals surface area (Å²) in [5.74, 6) is -0.0268. The third kappa shape index (κ3) is 2.64. The number of rotatable bonds is 3. The van der Waals surface area contributed by atoms with Gasteiger partial charge in [-0.1, -0.05) is 60.7 Å². The van der Waals surface area contributed by atoms with E-state index in [0.717, 1.165) is 17.5 Å². The Morgan fingerprint density at radius 2 is 1.57 bits per heavy atom. The van der Waals surface area contributed by atoms with Crippen LogP contribution in [0.25, 0.3) is 11.1 Å². The molecular weight excluding hydrogens is 282 g/mol. The summed E-state index contributed by atoms with van der Waals surface area (Å²) in [5, 5.41) is 2.99. The zero-order valence-electron chi connectivity index (χ0n) is 12.8. The first kappa shape index (κ1) is 13.8. The fourth-order valence-corrected chi connectivity index (χ4v) is 3.15. The zero-order chi connectivity index (χ0) is 15.6.